The molecule has 2 aromatic carbocycles. The topological polar surface area (TPSA) is 71.2 Å². The summed E-state index contributed by atoms with van der Waals surface area (Å²) < 4.78 is 1.81. The molecule has 144 valence electrons. The number of rotatable bonds is 4. The largest absolute Gasteiger partial charge is 0.382 e. The Labute approximate surface area is 168 Å². The van der Waals surface area contributed by atoms with E-state index < -0.39 is 6.10 Å². The van der Waals surface area contributed by atoms with Gasteiger partial charge in [-0.2, -0.15) is 0 Å². The highest BCUT2D eigenvalue weighted by Crippen LogP contribution is 2.25. The van der Waals surface area contributed by atoms with Crippen LogP contribution in [0.1, 0.15) is 46.6 Å². The highest BCUT2D eigenvalue weighted by Gasteiger charge is 2.26. The molecule has 0 radical (unpaired) electrons. The summed E-state index contributed by atoms with van der Waals surface area (Å²) in [4.78, 5) is 14.5. The maximum atomic E-state index is 12.6. The monoisotopic (exact) mass is 396 g/mol. The second-order valence-electron chi connectivity index (χ2n) is 6.97. The summed E-state index contributed by atoms with van der Waals surface area (Å²) in [6.07, 6.45) is 2.60. The first-order valence-electron chi connectivity index (χ1n) is 9.31. The minimum absolute atomic E-state index is 0.0221. The summed E-state index contributed by atoms with van der Waals surface area (Å²) in [6.45, 7) is 1.31. The molecule has 0 unspecified atom stereocenters. The molecule has 1 aliphatic rings. The molecule has 2 heterocycles. The smallest absolute Gasteiger partial charge is 0.253 e. The van der Waals surface area contributed by atoms with Crippen LogP contribution in [0.2, 0.25) is 5.02 Å². The maximum absolute atomic E-state index is 12.6. The average Bonchev–Trinajstić information content (AvgIpc) is 3.24. The number of piperidine rings is 1. The van der Waals surface area contributed by atoms with Crippen LogP contribution in [0.25, 0.3) is 0 Å². The quantitative estimate of drug-likeness (QED) is 0.732. The van der Waals surface area contributed by atoms with Crippen LogP contribution in [0.15, 0.2) is 60.8 Å². The minimum Gasteiger partial charge on any atom is -0.382 e. The van der Waals surface area contributed by atoms with Crippen LogP contribution < -0.4 is 0 Å². The summed E-state index contributed by atoms with van der Waals surface area (Å²) in [5.74, 6) is 0.0221. The third-order valence-corrected chi connectivity index (χ3v) is 5.39. The number of aromatic nitrogens is 3. The number of hydrogen-bond acceptors (Lipinski definition) is 4. The number of carbonyl (C=O) groups is 1. The van der Waals surface area contributed by atoms with Gasteiger partial charge < -0.3 is 10.0 Å². The lowest BCUT2D eigenvalue weighted by atomic mass is 10.0. The van der Waals surface area contributed by atoms with Crippen molar-refractivity contribution in [2.45, 2.75) is 25.0 Å². The molecule has 0 bridgehead atoms. The van der Waals surface area contributed by atoms with Crippen molar-refractivity contribution in [2.24, 2.45) is 0 Å². The predicted octanol–water partition coefficient (Wildman–Crippen LogP) is 3.49. The Morgan fingerprint density at radius 2 is 1.75 bits per heavy atom. The zero-order valence-corrected chi connectivity index (χ0v) is 16.0. The van der Waals surface area contributed by atoms with E-state index in [4.69, 9.17) is 11.6 Å². The molecule has 1 atom stereocenters. The Morgan fingerprint density at radius 1 is 1.07 bits per heavy atom. The van der Waals surface area contributed by atoms with Crippen LogP contribution in [-0.2, 0) is 0 Å². The van der Waals surface area contributed by atoms with E-state index in [-0.39, 0.29) is 11.9 Å². The molecule has 1 fully saturated rings. The predicted molar refractivity (Wildman–Crippen MR) is 106 cm³/mol. The second kappa shape index (κ2) is 8.12. The van der Waals surface area contributed by atoms with E-state index in [1.165, 1.54) is 0 Å². The normalized spacial score (nSPS) is 16.1. The summed E-state index contributed by atoms with van der Waals surface area (Å²) >= 11 is 5.89. The van der Waals surface area contributed by atoms with Crippen molar-refractivity contribution in [3.63, 3.8) is 0 Å². The molecule has 7 heteroatoms. The Morgan fingerprint density at radius 3 is 2.43 bits per heavy atom. The van der Waals surface area contributed by atoms with Gasteiger partial charge in [-0.25, -0.2) is 4.68 Å². The van der Waals surface area contributed by atoms with Crippen LogP contribution in [0.4, 0.5) is 0 Å². The summed E-state index contributed by atoms with van der Waals surface area (Å²) in [7, 11) is 0. The van der Waals surface area contributed by atoms with Gasteiger partial charge in [0.15, 0.2) is 0 Å². The summed E-state index contributed by atoms with van der Waals surface area (Å²) in [5.41, 5.74) is 1.97. The van der Waals surface area contributed by atoms with Crippen molar-refractivity contribution in [2.75, 3.05) is 13.1 Å². The molecule has 1 aliphatic heterocycles. The van der Waals surface area contributed by atoms with E-state index in [1.54, 1.807) is 30.5 Å². The first-order valence-corrected chi connectivity index (χ1v) is 9.69. The number of aliphatic hydroxyl groups is 1. The Bertz CT molecular complexity index is 935. The van der Waals surface area contributed by atoms with Crippen LogP contribution in [0.3, 0.4) is 0 Å². The lowest BCUT2D eigenvalue weighted by molar-refractivity contribution is 0.0689. The average molecular weight is 397 g/mol. The molecule has 0 saturated carbocycles. The highest BCUT2D eigenvalue weighted by atomic mass is 35.5. The fourth-order valence-electron chi connectivity index (χ4n) is 3.51. The summed E-state index contributed by atoms with van der Waals surface area (Å²) in [6, 6.07) is 16.6. The number of amides is 1. The molecule has 6 nitrogen and oxygen atoms in total. The van der Waals surface area contributed by atoms with Crippen molar-refractivity contribution < 1.29 is 9.90 Å². The first-order chi connectivity index (χ1) is 13.6. The number of nitrogens with zero attached hydrogens (tertiary/aromatic N) is 4. The van der Waals surface area contributed by atoms with Crippen LogP contribution >= 0.6 is 11.6 Å². The van der Waals surface area contributed by atoms with E-state index in [0.29, 0.717) is 29.4 Å². The molecule has 1 N–H and O–H groups in total. The van der Waals surface area contributed by atoms with E-state index in [2.05, 4.69) is 10.3 Å². The number of carbonyl (C=O) groups excluding carboxylic acids is 1. The van der Waals surface area contributed by atoms with Gasteiger partial charge >= 0.3 is 0 Å². The van der Waals surface area contributed by atoms with E-state index in [0.717, 1.165) is 18.4 Å². The zero-order chi connectivity index (χ0) is 19.5. The second-order valence-corrected chi connectivity index (χ2v) is 7.40. The van der Waals surface area contributed by atoms with E-state index >= 15 is 0 Å². The van der Waals surface area contributed by atoms with E-state index in [1.807, 2.05) is 39.9 Å². The lowest BCUT2D eigenvalue weighted by Crippen LogP contribution is -2.39. The van der Waals surface area contributed by atoms with Gasteiger partial charge in [-0.05, 0) is 42.7 Å². The number of hydrogen-bond donors (Lipinski definition) is 1. The molecule has 1 saturated heterocycles. The van der Waals surface area contributed by atoms with Crippen molar-refractivity contribution in [3.05, 3.63) is 82.6 Å². The third kappa shape index (κ3) is 3.93. The SMILES string of the molecule is O=C(c1ccc(Cl)cc1)N1CCC(n2cc([C@@H](O)c3ccccc3)nn2)CC1. The van der Waals surface area contributed by atoms with Gasteiger partial charge in [0.2, 0.25) is 0 Å². The van der Waals surface area contributed by atoms with Crippen molar-refractivity contribution in [3.8, 4) is 0 Å². The number of aliphatic hydroxyl groups excluding tert-OH is 1. The molecular weight excluding hydrogens is 376 g/mol. The van der Waals surface area contributed by atoms with Crippen LogP contribution in [-0.4, -0.2) is 44.0 Å². The molecular formula is C21H21ClN4O2. The summed E-state index contributed by atoms with van der Waals surface area (Å²) in [5, 5.41) is 19.5. The fraction of sp³-hybridized carbons (Fsp3) is 0.286. The number of likely N-dealkylation sites (tertiary alicyclic amines) is 1. The van der Waals surface area contributed by atoms with Gasteiger partial charge in [0.05, 0.1) is 12.2 Å². The standard InChI is InChI=1S/C21H21ClN4O2/c22-17-8-6-16(7-9-17)21(28)25-12-10-18(11-13-25)26-14-19(23-24-26)20(27)15-4-2-1-3-5-15/h1-9,14,18,20,27H,10-13H2/t20-/m0/s1. The van der Waals surface area contributed by atoms with Gasteiger partial charge in [0.25, 0.3) is 5.91 Å². The van der Waals surface area contributed by atoms with Crippen molar-refractivity contribution in [1.82, 2.24) is 19.9 Å². The van der Waals surface area contributed by atoms with Gasteiger partial charge in [-0.1, -0.05) is 47.1 Å². The van der Waals surface area contributed by atoms with Crippen molar-refractivity contribution in [1.29, 1.82) is 0 Å². The first kappa shape index (κ1) is 18.7. The van der Waals surface area contributed by atoms with Gasteiger partial charge in [0.1, 0.15) is 11.8 Å². The maximum Gasteiger partial charge on any atom is 0.253 e. The van der Waals surface area contributed by atoms with Gasteiger partial charge in [0, 0.05) is 23.7 Å². The van der Waals surface area contributed by atoms with Gasteiger partial charge in [-0.15, -0.1) is 5.10 Å². The minimum atomic E-state index is -0.790. The third-order valence-electron chi connectivity index (χ3n) is 5.14. The highest BCUT2D eigenvalue weighted by molar-refractivity contribution is 6.30. The van der Waals surface area contributed by atoms with Crippen molar-refractivity contribution >= 4 is 17.5 Å². The molecule has 1 amide bonds. The molecule has 4 rings (SSSR count). The van der Waals surface area contributed by atoms with E-state index in [9.17, 15) is 9.90 Å². The van der Waals surface area contributed by atoms with Crippen LogP contribution in [0.5, 0.6) is 0 Å². The number of benzene rings is 2. The number of halogens is 1. The zero-order valence-electron chi connectivity index (χ0n) is 15.3. The Kier molecular flexibility index (Phi) is 5.41. The van der Waals surface area contributed by atoms with Gasteiger partial charge in [-0.3, -0.25) is 4.79 Å². The Hall–Kier alpha value is -2.70. The lowest BCUT2D eigenvalue weighted by Gasteiger charge is -2.32. The Balaban J connectivity index is 1.38. The molecule has 0 aliphatic carbocycles. The fourth-order valence-corrected chi connectivity index (χ4v) is 3.63. The molecule has 0 spiro atoms. The molecule has 28 heavy (non-hydrogen) atoms. The van der Waals surface area contributed by atoms with Crippen LogP contribution in [0, 0.1) is 0 Å². The molecule has 3 aromatic rings. The molecule has 1 aromatic heterocycles.